The molecule has 1 amide bonds. The van der Waals surface area contributed by atoms with Gasteiger partial charge < -0.3 is 15.2 Å². The second-order valence-corrected chi connectivity index (χ2v) is 5.22. The number of hydrogen-bond acceptors (Lipinski definition) is 4. The standard InChI is InChI=1S/C15H14FNO4/c1-15(2)11-8(4-3-5-9(11)16)12(19)10(13(15)20)14(21)17-6-7-18/h3-5,7,19H,6H2,1-2H3,(H,17,21). The molecular formula is C15H14FNO4. The SMILES string of the molecule is CC1(C)C(=O)C(C(=O)NCC=O)=C(O)c2cccc(F)c21. The van der Waals surface area contributed by atoms with E-state index >= 15 is 0 Å². The lowest BCUT2D eigenvalue weighted by Crippen LogP contribution is -2.42. The van der Waals surface area contributed by atoms with Crippen LogP contribution in [0.1, 0.15) is 25.0 Å². The van der Waals surface area contributed by atoms with Gasteiger partial charge in [-0.05, 0) is 19.9 Å². The normalized spacial score (nSPS) is 16.4. The molecule has 2 N–H and O–H groups in total. The molecule has 0 fully saturated rings. The lowest BCUT2D eigenvalue weighted by atomic mass is 9.70. The average Bonchev–Trinajstić information content (AvgIpc) is 2.43. The van der Waals surface area contributed by atoms with E-state index in [4.69, 9.17) is 0 Å². The van der Waals surface area contributed by atoms with Crippen molar-refractivity contribution in [3.63, 3.8) is 0 Å². The Morgan fingerprint density at radius 3 is 2.71 bits per heavy atom. The average molecular weight is 291 g/mol. The van der Waals surface area contributed by atoms with Gasteiger partial charge in [0.05, 0.1) is 12.0 Å². The van der Waals surface area contributed by atoms with E-state index in [0.717, 1.165) is 0 Å². The van der Waals surface area contributed by atoms with Gasteiger partial charge in [-0.2, -0.15) is 0 Å². The molecule has 6 heteroatoms. The fraction of sp³-hybridized carbons (Fsp3) is 0.267. The van der Waals surface area contributed by atoms with E-state index in [-0.39, 0.29) is 17.7 Å². The molecule has 0 radical (unpaired) electrons. The summed E-state index contributed by atoms with van der Waals surface area (Å²) in [6.45, 7) is 2.69. The zero-order valence-corrected chi connectivity index (χ0v) is 11.6. The molecular weight excluding hydrogens is 277 g/mol. The maximum atomic E-state index is 14.0. The van der Waals surface area contributed by atoms with Gasteiger partial charge in [-0.3, -0.25) is 9.59 Å². The van der Waals surface area contributed by atoms with Crippen LogP contribution in [-0.4, -0.2) is 29.6 Å². The number of hydrogen-bond donors (Lipinski definition) is 2. The van der Waals surface area contributed by atoms with Gasteiger partial charge in [-0.25, -0.2) is 4.39 Å². The number of fused-ring (bicyclic) bond motifs is 1. The highest BCUT2D eigenvalue weighted by Crippen LogP contribution is 2.40. The number of aldehydes is 1. The molecule has 0 saturated carbocycles. The van der Waals surface area contributed by atoms with Gasteiger partial charge in [0.2, 0.25) is 0 Å². The number of ketones is 1. The molecule has 1 aliphatic carbocycles. The van der Waals surface area contributed by atoms with E-state index in [2.05, 4.69) is 5.32 Å². The van der Waals surface area contributed by atoms with Crippen LogP contribution in [-0.2, 0) is 19.8 Å². The van der Waals surface area contributed by atoms with Crippen molar-refractivity contribution >= 4 is 23.7 Å². The molecule has 1 aromatic rings. The van der Waals surface area contributed by atoms with Crippen LogP contribution in [0.5, 0.6) is 0 Å². The highest BCUT2D eigenvalue weighted by Gasteiger charge is 2.44. The second kappa shape index (κ2) is 5.12. The third-order valence-electron chi connectivity index (χ3n) is 3.50. The maximum Gasteiger partial charge on any atom is 0.259 e. The van der Waals surface area contributed by atoms with Crippen molar-refractivity contribution in [3.8, 4) is 0 Å². The number of aliphatic hydroxyl groups is 1. The molecule has 2 rings (SSSR count). The molecule has 0 bridgehead atoms. The highest BCUT2D eigenvalue weighted by atomic mass is 19.1. The van der Waals surface area contributed by atoms with E-state index in [1.54, 1.807) is 0 Å². The first-order chi connectivity index (χ1) is 9.82. The van der Waals surface area contributed by atoms with Crippen LogP contribution in [0.25, 0.3) is 5.76 Å². The predicted molar refractivity (Wildman–Crippen MR) is 73.1 cm³/mol. The first kappa shape index (κ1) is 14.9. The van der Waals surface area contributed by atoms with Gasteiger partial charge in [0.1, 0.15) is 23.4 Å². The molecule has 0 unspecified atom stereocenters. The lowest BCUT2D eigenvalue weighted by Gasteiger charge is -2.31. The van der Waals surface area contributed by atoms with Gasteiger partial charge in [0.15, 0.2) is 5.78 Å². The molecule has 0 saturated heterocycles. The largest absolute Gasteiger partial charge is 0.506 e. The number of rotatable bonds is 3. The molecule has 0 atom stereocenters. The first-order valence-corrected chi connectivity index (χ1v) is 6.31. The van der Waals surface area contributed by atoms with Crippen molar-refractivity contribution in [1.29, 1.82) is 0 Å². The fourth-order valence-corrected chi connectivity index (χ4v) is 2.46. The Hall–Kier alpha value is -2.50. The Kier molecular flexibility index (Phi) is 3.63. The van der Waals surface area contributed by atoms with E-state index in [1.807, 2.05) is 0 Å². The summed E-state index contributed by atoms with van der Waals surface area (Å²) >= 11 is 0. The van der Waals surface area contributed by atoms with Crippen LogP contribution >= 0.6 is 0 Å². The lowest BCUT2D eigenvalue weighted by molar-refractivity contribution is -0.126. The third-order valence-corrected chi connectivity index (χ3v) is 3.50. The van der Waals surface area contributed by atoms with E-state index in [9.17, 15) is 23.9 Å². The second-order valence-electron chi connectivity index (χ2n) is 5.22. The highest BCUT2D eigenvalue weighted by molar-refractivity contribution is 6.28. The summed E-state index contributed by atoms with van der Waals surface area (Å²) in [6.07, 6.45) is 0.460. The van der Waals surface area contributed by atoms with Crippen molar-refractivity contribution in [2.75, 3.05) is 6.54 Å². The topological polar surface area (TPSA) is 83.5 Å². The van der Waals surface area contributed by atoms with Gasteiger partial charge in [0.25, 0.3) is 5.91 Å². The number of aliphatic hydroxyl groups excluding tert-OH is 1. The van der Waals surface area contributed by atoms with Gasteiger partial charge in [-0.15, -0.1) is 0 Å². The Morgan fingerprint density at radius 1 is 1.43 bits per heavy atom. The molecule has 0 aromatic heterocycles. The van der Waals surface area contributed by atoms with Crippen LogP contribution in [0, 0.1) is 5.82 Å². The molecule has 1 aromatic carbocycles. The van der Waals surface area contributed by atoms with E-state index in [1.165, 1.54) is 32.0 Å². The Bertz CT molecular complexity index is 676. The maximum absolute atomic E-state index is 14.0. The molecule has 5 nitrogen and oxygen atoms in total. The number of benzene rings is 1. The number of carbonyl (C=O) groups excluding carboxylic acids is 3. The molecule has 21 heavy (non-hydrogen) atoms. The number of Topliss-reactive ketones (excluding diaryl/α,β-unsaturated/α-hetero) is 1. The Labute approximate surface area is 120 Å². The van der Waals surface area contributed by atoms with Crippen molar-refractivity contribution in [1.82, 2.24) is 5.32 Å². The fourth-order valence-electron chi connectivity index (χ4n) is 2.46. The summed E-state index contributed by atoms with van der Waals surface area (Å²) in [4.78, 5) is 34.7. The third kappa shape index (κ3) is 2.22. The molecule has 0 spiro atoms. The Morgan fingerprint density at radius 2 is 2.10 bits per heavy atom. The summed E-state index contributed by atoms with van der Waals surface area (Å²) in [7, 11) is 0. The summed E-state index contributed by atoms with van der Waals surface area (Å²) in [6, 6.07) is 4.02. The summed E-state index contributed by atoms with van der Waals surface area (Å²) in [5.41, 5.74) is -1.59. The van der Waals surface area contributed by atoms with Crippen LogP contribution in [0.15, 0.2) is 23.8 Å². The minimum atomic E-state index is -1.29. The molecule has 1 aliphatic rings. The number of halogens is 1. The van der Waals surface area contributed by atoms with Crippen molar-refractivity contribution in [2.24, 2.45) is 0 Å². The molecule has 0 aliphatic heterocycles. The van der Waals surface area contributed by atoms with Gasteiger partial charge >= 0.3 is 0 Å². The van der Waals surface area contributed by atoms with Crippen LogP contribution in [0.3, 0.4) is 0 Å². The summed E-state index contributed by atoms with van der Waals surface area (Å²) in [5.74, 6) is -2.74. The Balaban J connectivity index is 2.66. The number of amides is 1. The monoisotopic (exact) mass is 291 g/mol. The van der Waals surface area contributed by atoms with Gasteiger partial charge in [0, 0.05) is 11.1 Å². The summed E-state index contributed by atoms with van der Waals surface area (Å²) < 4.78 is 14.0. The zero-order valence-electron chi connectivity index (χ0n) is 11.6. The van der Waals surface area contributed by atoms with Crippen molar-refractivity contribution < 1.29 is 23.9 Å². The number of carbonyl (C=O) groups is 3. The molecule has 0 heterocycles. The molecule has 110 valence electrons. The van der Waals surface area contributed by atoms with Crippen molar-refractivity contribution in [2.45, 2.75) is 19.3 Å². The quantitative estimate of drug-likeness (QED) is 0.649. The van der Waals surface area contributed by atoms with Crippen molar-refractivity contribution in [3.05, 3.63) is 40.7 Å². The van der Waals surface area contributed by atoms with Gasteiger partial charge in [-0.1, -0.05) is 12.1 Å². The first-order valence-electron chi connectivity index (χ1n) is 6.31. The smallest absolute Gasteiger partial charge is 0.259 e. The minimum Gasteiger partial charge on any atom is -0.506 e. The number of nitrogens with one attached hydrogen (secondary N) is 1. The van der Waals surface area contributed by atoms with E-state index in [0.29, 0.717) is 6.29 Å². The van der Waals surface area contributed by atoms with Crippen LogP contribution < -0.4 is 5.32 Å². The van der Waals surface area contributed by atoms with Crippen LogP contribution in [0.4, 0.5) is 4.39 Å². The summed E-state index contributed by atoms with van der Waals surface area (Å²) in [5, 5.41) is 12.4. The van der Waals surface area contributed by atoms with E-state index < -0.39 is 34.3 Å². The minimum absolute atomic E-state index is 0.0550. The zero-order chi connectivity index (χ0) is 15.8. The predicted octanol–water partition coefficient (Wildman–Crippen LogP) is 1.27. The van der Waals surface area contributed by atoms with Crippen LogP contribution in [0.2, 0.25) is 0 Å².